The molecular formula is C27H25N3O5S. The molecule has 2 aliphatic rings. The quantitative estimate of drug-likeness (QED) is 0.492. The molecule has 1 saturated heterocycles. The molecule has 0 aliphatic carbocycles. The highest BCUT2D eigenvalue weighted by atomic mass is 32.2. The molecule has 2 heterocycles. The summed E-state index contributed by atoms with van der Waals surface area (Å²) in [6.45, 7) is 1.10. The molecule has 0 spiro atoms. The maximum atomic E-state index is 13.3. The van der Waals surface area contributed by atoms with Crippen molar-refractivity contribution in [3.05, 3.63) is 83.9 Å². The van der Waals surface area contributed by atoms with Crippen LogP contribution >= 0.6 is 11.8 Å². The Bertz CT molecular complexity index is 1280. The number of nitrogens with zero attached hydrogens (tertiary/aromatic N) is 2. The number of fused-ring (bicyclic) bond motifs is 1. The van der Waals surface area contributed by atoms with Crippen LogP contribution in [0.5, 0.6) is 11.5 Å². The average molecular weight is 504 g/mol. The van der Waals surface area contributed by atoms with Crippen molar-refractivity contribution < 1.29 is 23.9 Å². The normalized spacial score (nSPS) is 17.1. The van der Waals surface area contributed by atoms with Crippen LogP contribution < -0.4 is 19.7 Å². The predicted octanol–water partition coefficient (Wildman–Crippen LogP) is 4.22. The van der Waals surface area contributed by atoms with E-state index in [4.69, 9.17) is 9.47 Å². The smallest absolute Gasteiger partial charge is 0.287 e. The molecule has 0 bridgehead atoms. The Hall–Kier alpha value is -3.98. The molecule has 1 fully saturated rings. The number of anilines is 2. The van der Waals surface area contributed by atoms with Gasteiger partial charge >= 0.3 is 0 Å². The molecule has 9 heteroatoms. The minimum atomic E-state index is -0.492. The number of carbonyl (C=O) groups excluding carboxylic acids is 3. The van der Waals surface area contributed by atoms with Gasteiger partial charge in [0.2, 0.25) is 5.12 Å². The Kier molecular flexibility index (Phi) is 6.81. The van der Waals surface area contributed by atoms with E-state index in [1.54, 1.807) is 12.0 Å². The molecule has 2 aliphatic heterocycles. The van der Waals surface area contributed by atoms with Crippen molar-refractivity contribution >= 4 is 39.4 Å². The van der Waals surface area contributed by atoms with Gasteiger partial charge in [0.1, 0.15) is 24.1 Å². The van der Waals surface area contributed by atoms with E-state index in [1.165, 1.54) is 0 Å². The third-order valence-electron chi connectivity index (χ3n) is 6.15. The first kappa shape index (κ1) is 23.7. The van der Waals surface area contributed by atoms with Gasteiger partial charge in [0.05, 0.1) is 31.6 Å². The standard InChI is InChI=1S/C27H25N3O5S/c1-34-23-9-5-8-21-24(23)30(19-6-3-2-4-7-19)17-29(25(21)31)14-15-35-20-12-10-18(11-13-20)16-22-26(32)36-27(33)28-22/h2-13,22H,14-17H2,1H3,(H,28,33). The van der Waals surface area contributed by atoms with E-state index < -0.39 is 6.04 Å². The summed E-state index contributed by atoms with van der Waals surface area (Å²) in [7, 11) is 1.61. The minimum absolute atomic E-state index is 0.0730. The van der Waals surface area contributed by atoms with Crippen LogP contribution in [0.15, 0.2) is 72.8 Å². The number of hydrogen-bond acceptors (Lipinski definition) is 7. The summed E-state index contributed by atoms with van der Waals surface area (Å²) in [6.07, 6.45) is 0.443. The number of hydrogen-bond donors (Lipinski definition) is 1. The lowest BCUT2D eigenvalue weighted by Crippen LogP contribution is -2.46. The van der Waals surface area contributed by atoms with Gasteiger partial charge in [-0.05, 0) is 42.0 Å². The average Bonchev–Trinajstić information content (AvgIpc) is 3.22. The fourth-order valence-electron chi connectivity index (χ4n) is 4.36. The summed E-state index contributed by atoms with van der Waals surface area (Å²) in [6, 6.07) is 22.3. The topological polar surface area (TPSA) is 88.2 Å². The molecular weight excluding hydrogens is 478 g/mol. The zero-order chi connectivity index (χ0) is 25.1. The van der Waals surface area contributed by atoms with Gasteiger partial charge in [-0.15, -0.1) is 0 Å². The minimum Gasteiger partial charge on any atom is -0.495 e. The first-order valence-corrected chi connectivity index (χ1v) is 12.4. The van der Waals surface area contributed by atoms with E-state index in [0.717, 1.165) is 16.9 Å². The highest BCUT2D eigenvalue weighted by molar-refractivity contribution is 8.26. The number of ether oxygens (including phenoxy) is 2. The molecule has 8 nitrogen and oxygen atoms in total. The van der Waals surface area contributed by atoms with Gasteiger partial charge in [-0.3, -0.25) is 14.4 Å². The fourth-order valence-corrected chi connectivity index (χ4v) is 5.03. The number of rotatable bonds is 8. The maximum absolute atomic E-state index is 13.3. The molecule has 0 aromatic heterocycles. The van der Waals surface area contributed by atoms with Crippen molar-refractivity contribution in [2.45, 2.75) is 12.5 Å². The van der Waals surface area contributed by atoms with E-state index in [2.05, 4.69) is 10.2 Å². The maximum Gasteiger partial charge on any atom is 0.287 e. The van der Waals surface area contributed by atoms with Crippen LogP contribution in [0.2, 0.25) is 0 Å². The summed E-state index contributed by atoms with van der Waals surface area (Å²) < 4.78 is 11.5. The first-order chi connectivity index (χ1) is 17.5. The highest BCUT2D eigenvalue weighted by Crippen LogP contribution is 2.40. The number of para-hydroxylation sites is 2. The Balaban J connectivity index is 1.25. The second-order valence-corrected chi connectivity index (χ2v) is 9.41. The second-order valence-electron chi connectivity index (χ2n) is 8.43. The monoisotopic (exact) mass is 503 g/mol. The number of carbonyl (C=O) groups is 3. The highest BCUT2D eigenvalue weighted by Gasteiger charge is 2.33. The van der Waals surface area contributed by atoms with E-state index in [0.29, 0.717) is 55.1 Å². The first-order valence-electron chi connectivity index (χ1n) is 11.6. The molecule has 36 heavy (non-hydrogen) atoms. The lowest BCUT2D eigenvalue weighted by molar-refractivity contribution is -0.112. The molecule has 3 aromatic rings. The van der Waals surface area contributed by atoms with E-state index in [-0.39, 0.29) is 16.3 Å². The van der Waals surface area contributed by atoms with Crippen LogP contribution in [0.1, 0.15) is 15.9 Å². The molecule has 1 N–H and O–H groups in total. The number of benzene rings is 3. The summed E-state index contributed by atoms with van der Waals surface area (Å²) in [5.41, 5.74) is 3.24. The molecule has 0 saturated carbocycles. The predicted molar refractivity (Wildman–Crippen MR) is 138 cm³/mol. The Morgan fingerprint density at radius 3 is 2.44 bits per heavy atom. The van der Waals surface area contributed by atoms with E-state index in [1.807, 2.05) is 72.8 Å². The van der Waals surface area contributed by atoms with E-state index in [9.17, 15) is 14.4 Å². The SMILES string of the molecule is COc1cccc2c1N(c1ccccc1)CN(CCOc1ccc(CC3NC(=O)SC3=O)cc1)C2=O. The zero-order valence-corrected chi connectivity index (χ0v) is 20.5. The third kappa shape index (κ3) is 4.87. The van der Waals surface area contributed by atoms with Gasteiger partial charge in [0.25, 0.3) is 11.1 Å². The van der Waals surface area contributed by atoms with Crippen LogP contribution in [0, 0.1) is 0 Å². The summed E-state index contributed by atoms with van der Waals surface area (Å²) >= 11 is 0.716. The molecule has 1 unspecified atom stereocenters. The summed E-state index contributed by atoms with van der Waals surface area (Å²) in [4.78, 5) is 40.3. The number of amides is 2. The fraction of sp³-hybridized carbons (Fsp3) is 0.222. The van der Waals surface area contributed by atoms with Gasteiger partial charge in [-0.2, -0.15) is 0 Å². The van der Waals surface area contributed by atoms with Crippen LogP contribution in [0.4, 0.5) is 16.2 Å². The van der Waals surface area contributed by atoms with Crippen LogP contribution in [-0.4, -0.2) is 54.1 Å². The van der Waals surface area contributed by atoms with Crippen LogP contribution in [0.25, 0.3) is 0 Å². The lowest BCUT2D eigenvalue weighted by atomic mass is 10.1. The van der Waals surface area contributed by atoms with Crippen molar-refractivity contribution in [2.24, 2.45) is 0 Å². The molecule has 2 amide bonds. The van der Waals surface area contributed by atoms with Gasteiger partial charge in [0, 0.05) is 23.9 Å². The molecule has 0 radical (unpaired) electrons. The Morgan fingerprint density at radius 2 is 1.75 bits per heavy atom. The number of nitrogens with one attached hydrogen (secondary N) is 1. The van der Waals surface area contributed by atoms with Crippen molar-refractivity contribution in [3.63, 3.8) is 0 Å². The van der Waals surface area contributed by atoms with E-state index >= 15 is 0 Å². The van der Waals surface area contributed by atoms with Crippen molar-refractivity contribution in [1.82, 2.24) is 10.2 Å². The summed E-state index contributed by atoms with van der Waals surface area (Å²) in [5.74, 6) is 1.25. The Labute approximate surface area is 213 Å². The van der Waals surface area contributed by atoms with Crippen molar-refractivity contribution in [2.75, 3.05) is 31.8 Å². The van der Waals surface area contributed by atoms with Crippen LogP contribution in [0.3, 0.4) is 0 Å². The molecule has 5 rings (SSSR count). The molecule has 184 valence electrons. The van der Waals surface area contributed by atoms with Gasteiger partial charge in [-0.1, -0.05) is 36.4 Å². The van der Waals surface area contributed by atoms with Crippen LogP contribution in [-0.2, 0) is 11.2 Å². The Morgan fingerprint density at radius 1 is 0.972 bits per heavy atom. The zero-order valence-electron chi connectivity index (χ0n) is 19.7. The van der Waals surface area contributed by atoms with Crippen molar-refractivity contribution in [1.29, 1.82) is 0 Å². The van der Waals surface area contributed by atoms with Gasteiger partial charge < -0.3 is 24.6 Å². The second kappa shape index (κ2) is 10.3. The molecule has 3 aromatic carbocycles. The summed E-state index contributed by atoms with van der Waals surface area (Å²) in [5, 5.41) is 2.21. The number of methoxy groups -OCH3 is 1. The number of thioether (sulfide) groups is 1. The molecule has 1 atom stereocenters. The largest absolute Gasteiger partial charge is 0.495 e. The third-order valence-corrected chi connectivity index (χ3v) is 6.94. The van der Waals surface area contributed by atoms with Gasteiger partial charge in [0.15, 0.2) is 0 Å². The lowest BCUT2D eigenvalue weighted by Gasteiger charge is -2.38. The van der Waals surface area contributed by atoms with Crippen molar-refractivity contribution in [3.8, 4) is 11.5 Å². The van der Waals surface area contributed by atoms with Gasteiger partial charge in [-0.25, -0.2) is 0 Å².